The van der Waals surface area contributed by atoms with Gasteiger partial charge in [-0.05, 0) is 16.3 Å². The Morgan fingerprint density at radius 2 is 1.82 bits per heavy atom. The van der Waals surface area contributed by atoms with Crippen LogP contribution in [0.25, 0.3) is 10.8 Å². The molecule has 8 heteroatoms. The molecule has 0 aliphatic carbocycles. The van der Waals surface area contributed by atoms with Crippen LogP contribution in [-0.4, -0.2) is 19.5 Å². The summed E-state index contributed by atoms with van der Waals surface area (Å²) < 4.78 is 24.3. The third-order valence-electron chi connectivity index (χ3n) is 2.83. The molecule has 2 rings (SSSR count). The van der Waals surface area contributed by atoms with E-state index in [9.17, 15) is 13.2 Å². The van der Waals surface area contributed by atoms with Crippen LogP contribution in [0.2, 0.25) is 0 Å². The normalized spacial score (nSPS) is 10.5. The van der Waals surface area contributed by atoms with Gasteiger partial charge in [-0.1, -0.05) is 36.4 Å². The van der Waals surface area contributed by atoms with Gasteiger partial charge in [0.1, 0.15) is 0 Å². The van der Waals surface area contributed by atoms with Gasteiger partial charge in [0, 0.05) is 39.3 Å². The average Bonchev–Trinajstić information content (AvgIpc) is 2.42. The molecule has 0 bridgehead atoms. The third kappa shape index (κ3) is 5.10. The van der Waals surface area contributed by atoms with E-state index in [1.807, 2.05) is 12.1 Å². The number of amides is 1. The Balaban J connectivity index is 0.00000220. The first-order valence-corrected chi connectivity index (χ1v) is 7.35. The third-order valence-corrected chi connectivity index (χ3v) is 3.41. The van der Waals surface area contributed by atoms with Gasteiger partial charge in [-0.2, -0.15) is 0 Å². The molecule has 2 aromatic carbocycles. The van der Waals surface area contributed by atoms with Crippen LogP contribution < -0.4 is 10.2 Å². The number of hydroxylamine groups is 1. The van der Waals surface area contributed by atoms with Gasteiger partial charge in [-0.3, -0.25) is 10.0 Å². The summed E-state index contributed by atoms with van der Waals surface area (Å²) >= 11 is 0. The number of fused-ring (bicyclic) bond motifs is 1. The van der Waals surface area contributed by atoms with Crippen molar-refractivity contribution in [3.05, 3.63) is 61.2 Å². The van der Waals surface area contributed by atoms with Crippen molar-refractivity contribution in [2.24, 2.45) is 0 Å². The molecule has 0 spiro atoms. The quantitative estimate of drug-likeness (QED) is 0.415. The van der Waals surface area contributed by atoms with Crippen LogP contribution >= 0.6 is 0 Å². The number of sulfonamides is 1. The first-order valence-electron chi connectivity index (χ1n) is 5.70. The van der Waals surface area contributed by atoms with Crippen molar-refractivity contribution in [3.8, 4) is 0 Å². The smallest absolute Gasteiger partial charge is 0.275 e. The Bertz CT molecular complexity index is 763. The molecule has 0 heterocycles. The zero-order valence-corrected chi connectivity index (χ0v) is 15.7. The summed E-state index contributed by atoms with van der Waals surface area (Å²) in [4.78, 5) is 11.8. The summed E-state index contributed by atoms with van der Waals surface area (Å²) in [6.45, 7) is -0.0839. The molecule has 22 heavy (non-hydrogen) atoms. The Labute approximate surface area is 155 Å². The van der Waals surface area contributed by atoms with Crippen LogP contribution in [0.4, 0.5) is 0 Å². The first-order chi connectivity index (χ1) is 9.42. The van der Waals surface area contributed by atoms with Crippen molar-refractivity contribution in [2.75, 3.05) is 0 Å². The van der Waals surface area contributed by atoms with Gasteiger partial charge in [0.15, 0.2) is 0 Å². The monoisotopic (exact) mass is 397 g/mol. The number of nitrogens with one attached hydrogen (secondary N) is 2. The summed E-state index contributed by atoms with van der Waals surface area (Å²) in [5.74, 6) is -0.694. The Hall–Kier alpha value is -0.856. The molecule has 3 N–H and O–H groups in total. The molecule has 0 saturated carbocycles. The zero-order chi connectivity index (χ0) is 14.8. The van der Waals surface area contributed by atoms with Crippen molar-refractivity contribution in [3.63, 3.8) is 0 Å². The van der Waals surface area contributed by atoms with Gasteiger partial charge in [0.2, 0.25) is 0 Å². The summed E-state index contributed by atoms with van der Waals surface area (Å²) in [5.41, 5.74) is 2.25. The van der Waals surface area contributed by atoms with Crippen molar-refractivity contribution in [2.45, 2.75) is 6.54 Å². The minimum atomic E-state index is -3.62. The number of rotatable bonds is 4. The molecule has 0 aliphatic heterocycles. The van der Waals surface area contributed by atoms with Crippen LogP contribution in [0.1, 0.15) is 15.9 Å². The van der Waals surface area contributed by atoms with Crippen LogP contribution in [0, 0.1) is 13.7 Å². The molecule has 117 valence electrons. The molecule has 0 aromatic heterocycles. The van der Waals surface area contributed by atoms with Crippen LogP contribution in [0.5, 0.6) is 0 Å². The molecule has 0 unspecified atom stereocenters. The van der Waals surface area contributed by atoms with E-state index in [2.05, 4.69) is 11.0 Å². The van der Waals surface area contributed by atoms with E-state index in [0.717, 1.165) is 5.39 Å². The van der Waals surface area contributed by atoms with E-state index in [1.54, 1.807) is 29.7 Å². The van der Waals surface area contributed by atoms with E-state index in [0.29, 0.717) is 10.9 Å². The fraction of sp³-hybridized carbons (Fsp3) is 0.0714. The van der Waals surface area contributed by atoms with Gasteiger partial charge in [-0.15, -0.1) is 0 Å². The fourth-order valence-electron chi connectivity index (χ4n) is 1.98. The van der Waals surface area contributed by atoms with Crippen LogP contribution in [0.3, 0.4) is 0 Å². The second-order valence-electron chi connectivity index (χ2n) is 4.20. The first kappa shape index (κ1) is 21.1. The van der Waals surface area contributed by atoms with Crippen molar-refractivity contribution in [1.29, 1.82) is 0 Å². The second kappa shape index (κ2) is 8.69. The van der Waals surface area contributed by atoms with Gasteiger partial charge in [0.05, 0.1) is 15.6 Å². The van der Waals surface area contributed by atoms with E-state index in [-0.39, 0.29) is 52.2 Å². The fourth-order valence-corrected chi connectivity index (χ4v) is 2.35. The SMILES string of the molecule is [CH2-]S(=O)(=O)NCc1ccc2ccccc2c1C(=O)NO.[CH3-].[Y]. The van der Waals surface area contributed by atoms with Crippen LogP contribution in [0.15, 0.2) is 36.4 Å². The van der Waals surface area contributed by atoms with E-state index in [4.69, 9.17) is 5.21 Å². The maximum atomic E-state index is 11.8. The Kier molecular flexibility index (Phi) is 8.35. The average molecular weight is 397 g/mol. The molecular formula is C14H16N2O4SY-2. The Morgan fingerprint density at radius 3 is 2.41 bits per heavy atom. The molecular weight excluding hydrogens is 381 g/mol. The molecule has 6 nitrogen and oxygen atoms in total. The Morgan fingerprint density at radius 1 is 1.18 bits per heavy atom. The molecule has 1 amide bonds. The zero-order valence-electron chi connectivity index (χ0n) is 12.0. The molecule has 2 aromatic rings. The van der Waals surface area contributed by atoms with Crippen molar-refractivity contribution in [1.82, 2.24) is 10.2 Å². The summed E-state index contributed by atoms with van der Waals surface area (Å²) in [7, 11) is -3.62. The number of hydrogen-bond donors (Lipinski definition) is 3. The molecule has 0 aliphatic rings. The molecule has 0 fully saturated rings. The number of benzene rings is 2. The predicted octanol–water partition coefficient (Wildman–Crippen LogP) is 1.62. The second-order valence-corrected chi connectivity index (χ2v) is 5.72. The van der Waals surface area contributed by atoms with E-state index in [1.165, 1.54) is 0 Å². The number of hydrogen-bond acceptors (Lipinski definition) is 4. The molecule has 1 radical (unpaired) electrons. The van der Waals surface area contributed by atoms with Crippen molar-refractivity contribution < 1.29 is 51.1 Å². The van der Waals surface area contributed by atoms with Gasteiger partial charge in [0.25, 0.3) is 5.91 Å². The molecule has 0 atom stereocenters. The van der Waals surface area contributed by atoms with Crippen LogP contribution in [-0.2, 0) is 49.3 Å². The van der Waals surface area contributed by atoms with Gasteiger partial charge < -0.3 is 7.43 Å². The minimum absolute atomic E-state index is 0. The summed E-state index contributed by atoms with van der Waals surface area (Å²) in [6, 6.07) is 10.5. The summed E-state index contributed by atoms with van der Waals surface area (Å²) in [6.07, 6.45) is 2.95. The summed E-state index contributed by atoms with van der Waals surface area (Å²) in [5, 5.41) is 10.3. The van der Waals surface area contributed by atoms with Gasteiger partial charge in [-0.25, -0.2) is 24.9 Å². The predicted molar refractivity (Wildman–Crippen MR) is 80.7 cm³/mol. The number of carbonyl (C=O) groups excluding carboxylic acids is 1. The van der Waals surface area contributed by atoms with Crippen molar-refractivity contribution >= 4 is 26.7 Å². The topological polar surface area (TPSA) is 95.5 Å². The minimum Gasteiger partial charge on any atom is -0.358 e. The molecule has 0 saturated heterocycles. The standard InChI is InChI=1S/C13H13N2O4S.CH3.Y/c1-20(18,19)14-8-10-7-6-9-4-2-3-5-11(9)12(10)13(16)15-17;;/h2-7,14,17H,1,8H2,(H,15,16);1H3;/q2*-1;. The largest absolute Gasteiger partial charge is 0.358 e. The van der Waals surface area contributed by atoms with E-state index < -0.39 is 15.9 Å². The maximum absolute atomic E-state index is 11.8. The maximum Gasteiger partial charge on any atom is 0.275 e. The van der Waals surface area contributed by atoms with E-state index >= 15 is 0 Å². The van der Waals surface area contributed by atoms with Gasteiger partial charge >= 0.3 is 0 Å². The number of carbonyl (C=O) groups is 1.